The molecule has 0 fully saturated rings. The van der Waals surface area contributed by atoms with E-state index in [0.717, 1.165) is 39.0 Å². The maximum absolute atomic E-state index is 6.48. The van der Waals surface area contributed by atoms with Gasteiger partial charge in [-0.2, -0.15) is 0 Å². The standard InChI is InChI=1S/C38H27NO/c1-38(34-18-10-8-16-30(34)31-17-9-11-19-35(31)38)26-20-23-36-33(24-26)32-22-21-29(25-37(32)40-36)39(27-12-4-2-5-13-27)28-14-6-3-7-15-28/h2-25H,1H3. The van der Waals surface area contributed by atoms with Crippen LogP contribution in [0, 0.1) is 0 Å². The van der Waals surface area contributed by atoms with E-state index < -0.39 is 0 Å². The van der Waals surface area contributed by atoms with Crippen LogP contribution in [0.1, 0.15) is 23.6 Å². The Balaban J connectivity index is 1.29. The molecule has 0 N–H and O–H groups in total. The molecule has 0 unspecified atom stereocenters. The first kappa shape index (κ1) is 22.9. The second kappa shape index (κ2) is 8.72. The second-order valence-corrected chi connectivity index (χ2v) is 10.7. The smallest absolute Gasteiger partial charge is 0.137 e. The van der Waals surface area contributed by atoms with Crippen LogP contribution in [0.5, 0.6) is 0 Å². The number of nitrogens with zero attached hydrogens (tertiary/aromatic N) is 1. The molecule has 1 aromatic heterocycles. The summed E-state index contributed by atoms with van der Waals surface area (Å²) in [7, 11) is 0. The van der Waals surface area contributed by atoms with Crippen LogP contribution in [-0.2, 0) is 5.41 Å². The fraction of sp³-hybridized carbons (Fsp3) is 0.0526. The first-order valence-corrected chi connectivity index (χ1v) is 13.8. The van der Waals surface area contributed by atoms with Crippen LogP contribution >= 0.6 is 0 Å². The van der Waals surface area contributed by atoms with Gasteiger partial charge in [0.25, 0.3) is 0 Å². The maximum atomic E-state index is 6.48. The molecule has 6 aromatic carbocycles. The van der Waals surface area contributed by atoms with Gasteiger partial charge < -0.3 is 9.32 Å². The Morgan fingerprint density at radius 3 is 1.68 bits per heavy atom. The lowest BCUT2D eigenvalue weighted by atomic mass is 9.74. The summed E-state index contributed by atoms with van der Waals surface area (Å²) in [5.74, 6) is 0. The molecule has 1 aliphatic rings. The van der Waals surface area contributed by atoms with E-state index in [4.69, 9.17) is 4.42 Å². The highest BCUT2D eigenvalue weighted by Gasteiger charge is 2.40. The molecule has 40 heavy (non-hydrogen) atoms. The molecule has 0 spiro atoms. The first-order chi connectivity index (χ1) is 19.7. The first-order valence-electron chi connectivity index (χ1n) is 13.8. The minimum Gasteiger partial charge on any atom is -0.456 e. The van der Waals surface area contributed by atoms with Crippen molar-refractivity contribution in [3.63, 3.8) is 0 Å². The zero-order chi connectivity index (χ0) is 26.7. The summed E-state index contributed by atoms with van der Waals surface area (Å²) in [4.78, 5) is 2.27. The minimum atomic E-state index is -0.234. The van der Waals surface area contributed by atoms with Crippen LogP contribution in [0.3, 0.4) is 0 Å². The van der Waals surface area contributed by atoms with Crippen molar-refractivity contribution >= 4 is 39.0 Å². The van der Waals surface area contributed by atoms with Gasteiger partial charge in [0.05, 0.1) is 0 Å². The monoisotopic (exact) mass is 513 g/mol. The van der Waals surface area contributed by atoms with E-state index in [2.05, 4.69) is 145 Å². The fourth-order valence-corrected chi connectivity index (χ4v) is 6.58. The van der Waals surface area contributed by atoms with Crippen LogP contribution < -0.4 is 4.90 Å². The molecule has 0 saturated heterocycles. The Labute approximate surface area is 233 Å². The summed E-state index contributed by atoms with van der Waals surface area (Å²) in [5, 5.41) is 2.28. The molecule has 1 aliphatic carbocycles. The third-order valence-electron chi connectivity index (χ3n) is 8.54. The van der Waals surface area contributed by atoms with Crippen molar-refractivity contribution in [2.75, 3.05) is 4.90 Å². The molecule has 190 valence electrons. The van der Waals surface area contributed by atoms with Gasteiger partial charge in [-0.15, -0.1) is 0 Å². The maximum Gasteiger partial charge on any atom is 0.137 e. The zero-order valence-electron chi connectivity index (χ0n) is 22.2. The van der Waals surface area contributed by atoms with E-state index >= 15 is 0 Å². The van der Waals surface area contributed by atoms with Crippen molar-refractivity contribution in [2.45, 2.75) is 12.3 Å². The van der Waals surface area contributed by atoms with E-state index in [1.807, 2.05) is 12.1 Å². The lowest BCUT2D eigenvalue weighted by Crippen LogP contribution is -2.22. The number of rotatable bonds is 4. The van der Waals surface area contributed by atoms with Crippen molar-refractivity contribution < 1.29 is 4.42 Å². The van der Waals surface area contributed by atoms with E-state index in [0.29, 0.717) is 0 Å². The van der Waals surface area contributed by atoms with Gasteiger partial charge in [-0.3, -0.25) is 0 Å². The van der Waals surface area contributed by atoms with Crippen LogP contribution in [-0.4, -0.2) is 0 Å². The van der Waals surface area contributed by atoms with E-state index in [1.165, 1.54) is 27.8 Å². The molecule has 0 amide bonds. The highest BCUT2D eigenvalue weighted by Crippen LogP contribution is 2.52. The molecule has 0 aliphatic heterocycles. The van der Waals surface area contributed by atoms with Crippen molar-refractivity contribution in [1.82, 2.24) is 0 Å². The summed E-state index contributed by atoms with van der Waals surface area (Å²) >= 11 is 0. The Morgan fingerprint density at radius 1 is 0.475 bits per heavy atom. The highest BCUT2D eigenvalue weighted by molar-refractivity contribution is 6.06. The van der Waals surface area contributed by atoms with Gasteiger partial charge >= 0.3 is 0 Å². The van der Waals surface area contributed by atoms with Crippen molar-refractivity contribution in [3.8, 4) is 11.1 Å². The zero-order valence-corrected chi connectivity index (χ0v) is 22.2. The number of hydrogen-bond donors (Lipinski definition) is 0. The van der Waals surface area contributed by atoms with E-state index in [9.17, 15) is 0 Å². The van der Waals surface area contributed by atoms with Crippen molar-refractivity contribution in [1.29, 1.82) is 0 Å². The molecular formula is C38H27NO. The summed E-state index contributed by atoms with van der Waals surface area (Å²) in [6.07, 6.45) is 0. The molecular weight excluding hydrogens is 486 g/mol. The molecule has 1 heterocycles. The summed E-state index contributed by atoms with van der Waals surface area (Å²) in [5.41, 5.74) is 11.5. The van der Waals surface area contributed by atoms with Gasteiger partial charge in [-0.25, -0.2) is 0 Å². The summed E-state index contributed by atoms with van der Waals surface area (Å²) in [6.45, 7) is 2.36. The predicted molar refractivity (Wildman–Crippen MR) is 166 cm³/mol. The van der Waals surface area contributed by atoms with Crippen LogP contribution in [0.4, 0.5) is 17.1 Å². The van der Waals surface area contributed by atoms with Crippen LogP contribution in [0.25, 0.3) is 33.1 Å². The molecule has 2 heteroatoms. The third kappa shape index (κ3) is 3.29. The molecule has 8 rings (SSSR count). The molecule has 0 atom stereocenters. The Bertz CT molecular complexity index is 1940. The Morgan fingerprint density at radius 2 is 1.05 bits per heavy atom. The largest absolute Gasteiger partial charge is 0.456 e. The number of anilines is 3. The average molecular weight is 514 g/mol. The molecule has 0 bridgehead atoms. The molecule has 0 radical (unpaired) electrons. The summed E-state index contributed by atoms with van der Waals surface area (Å²) in [6, 6.07) is 51.9. The molecule has 0 saturated carbocycles. The Hall–Kier alpha value is -5.08. The highest BCUT2D eigenvalue weighted by atomic mass is 16.3. The van der Waals surface area contributed by atoms with Crippen LogP contribution in [0.2, 0.25) is 0 Å². The number of hydrogen-bond acceptors (Lipinski definition) is 2. The number of para-hydroxylation sites is 2. The quantitative estimate of drug-likeness (QED) is 0.233. The topological polar surface area (TPSA) is 16.4 Å². The molecule has 7 aromatic rings. The second-order valence-electron chi connectivity index (χ2n) is 10.7. The summed E-state index contributed by atoms with van der Waals surface area (Å²) < 4.78 is 6.48. The van der Waals surface area contributed by atoms with Crippen LogP contribution in [0.15, 0.2) is 150 Å². The van der Waals surface area contributed by atoms with Gasteiger partial charge in [-0.05, 0) is 83.3 Å². The van der Waals surface area contributed by atoms with E-state index in [-0.39, 0.29) is 5.41 Å². The van der Waals surface area contributed by atoms with E-state index in [1.54, 1.807) is 0 Å². The minimum absolute atomic E-state index is 0.234. The van der Waals surface area contributed by atoms with Gasteiger partial charge in [-0.1, -0.05) is 91.0 Å². The van der Waals surface area contributed by atoms with Crippen molar-refractivity contribution in [2.24, 2.45) is 0 Å². The third-order valence-corrected chi connectivity index (χ3v) is 8.54. The van der Waals surface area contributed by atoms with Crippen molar-refractivity contribution in [3.05, 3.63) is 162 Å². The van der Waals surface area contributed by atoms with Gasteiger partial charge in [0.15, 0.2) is 0 Å². The lowest BCUT2D eigenvalue weighted by Gasteiger charge is -2.28. The van der Waals surface area contributed by atoms with Gasteiger partial charge in [0.2, 0.25) is 0 Å². The normalized spacial score (nSPS) is 13.3. The molecule has 2 nitrogen and oxygen atoms in total. The fourth-order valence-electron chi connectivity index (χ4n) is 6.58. The average Bonchev–Trinajstić information content (AvgIpc) is 3.51. The predicted octanol–water partition coefficient (Wildman–Crippen LogP) is 10.4. The number of benzene rings is 6. The number of furan rings is 1. The van der Waals surface area contributed by atoms with Gasteiger partial charge in [0, 0.05) is 39.3 Å². The number of fused-ring (bicyclic) bond motifs is 6. The van der Waals surface area contributed by atoms with Gasteiger partial charge in [0.1, 0.15) is 11.2 Å². The lowest BCUT2D eigenvalue weighted by molar-refractivity contribution is 0.667. The SMILES string of the molecule is CC1(c2ccc3oc4cc(N(c5ccccc5)c5ccccc5)ccc4c3c2)c2ccccc2-c2ccccc21. The Kier molecular flexibility index (Phi) is 4.99.